The van der Waals surface area contributed by atoms with Gasteiger partial charge in [0.05, 0.1) is 10.2 Å². The fourth-order valence-corrected chi connectivity index (χ4v) is 3.11. The number of nitrogens with one attached hydrogen (secondary N) is 1. The Bertz CT molecular complexity index is 547. The molecule has 1 fully saturated rings. The third-order valence-corrected chi connectivity index (χ3v) is 4.55. The summed E-state index contributed by atoms with van der Waals surface area (Å²) in [4.78, 5) is 11.1. The van der Waals surface area contributed by atoms with E-state index in [2.05, 4.69) is 39.5 Å². The average molecular weight is 262 g/mol. The molecular formula is C13H18N4S. The van der Waals surface area contributed by atoms with E-state index in [-0.39, 0.29) is 0 Å². The van der Waals surface area contributed by atoms with E-state index in [1.807, 2.05) is 0 Å². The second-order valence-electron chi connectivity index (χ2n) is 4.96. The van der Waals surface area contributed by atoms with E-state index < -0.39 is 0 Å². The van der Waals surface area contributed by atoms with Gasteiger partial charge in [0.25, 0.3) is 0 Å². The van der Waals surface area contributed by atoms with Crippen molar-refractivity contribution in [2.24, 2.45) is 0 Å². The van der Waals surface area contributed by atoms with Gasteiger partial charge in [0.2, 0.25) is 0 Å². The second-order valence-corrected chi connectivity index (χ2v) is 5.84. The van der Waals surface area contributed by atoms with E-state index in [9.17, 15) is 0 Å². The van der Waals surface area contributed by atoms with Crippen molar-refractivity contribution in [2.75, 3.05) is 25.5 Å². The Morgan fingerprint density at radius 2 is 2.28 bits per heavy atom. The Kier molecular flexibility index (Phi) is 3.18. The molecule has 96 valence electrons. The van der Waals surface area contributed by atoms with Crippen molar-refractivity contribution in [2.45, 2.75) is 25.8 Å². The molecule has 0 aliphatic heterocycles. The minimum Gasteiger partial charge on any atom is -0.367 e. The zero-order chi connectivity index (χ0) is 12.5. The third kappa shape index (κ3) is 2.33. The summed E-state index contributed by atoms with van der Waals surface area (Å²) in [6.45, 7) is 4.10. The van der Waals surface area contributed by atoms with Crippen LogP contribution in [0.5, 0.6) is 0 Å². The number of hydrogen-bond acceptors (Lipinski definition) is 5. The van der Waals surface area contributed by atoms with Gasteiger partial charge < -0.3 is 10.2 Å². The molecule has 2 aromatic rings. The topological polar surface area (TPSA) is 41.0 Å². The van der Waals surface area contributed by atoms with E-state index >= 15 is 0 Å². The van der Waals surface area contributed by atoms with Crippen LogP contribution in [0, 0.1) is 6.92 Å². The molecule has 0 aromatic carbocycles. The summed E-state index contributed by atoms with van der Waals surface area (Å²) in [6.07, 6.45) is 4.37. The van der Waals surface area contributed by atoms with Crippen LogP contribution in [0.25, 0.3) is 10.2 Å². The lowest BCUT2D eigenvalue weighted by Crippen LogP contribution is -2.27. The standard InChI is InChI=1S/C13H18N4S/c1-9-7-18-12-11(9)15-8-16-13(12)14-5-6-17(2)10-3-4-10/h7-8,10H,3-6H2,1-2H3,(H,14,15,16). The van der Waals surface area contributed by atoms with E-state index in [0.29, 0.717) is 0 Å². The van der Waals surface area contributed by atoms with Crippen molar-refractivity contribution in [3.05, 3.63) is 17.3 Å². The second kappa shape index (κ2) is 4.82. The van der Waals surface area contributed by atoms with Gasteiger partial charge in [-0.1, -0.05) is 0 Å². The lowest BCUT2D eigenvalue weighted by Gasteiger charge is -2.16. The van der Waals surface area contributed by atoms with E-state index in [4.69, 9.17) is 0 Å². The Hall–Kier alpha value is -1.20. The highest BCUT2D eigenvalue weighted by molar-refractivity contribution is 7.18. The van der Waals surface area contributed by atoms with Crippen molar-refractivity contribution < 1.29 is 0 Å². The van der Waals surface area contributed by atoms with Gasteiger partial charge in [0.15, 0.2) is 0 Å². The number of fused-ring (bicyclic) bond motifs is 1. The molecule has 0 amide bonds. The number of hydrogen-bond donors (Lipinski definition) is 1. The average Bonchev–Trinajstić information content (AvgIpc) is 3.15. The molecule has 3 rings (SSSR count). The van der Waals surface area contributed by atoms with E-state index in [1.54, 1.807) is 17.7 Å². The largest absolute Gasteiger partial charge is 0.367 e. The van der Waals surface area contributed by atoms with Crippen LogP contribution >= 0.6 is 11.3 Å². The first-order chi connectivity index (χ1) is 8.75. The minimum absolute atomic E-state index is 0.821. The van der Waals surface area contributed by atoms with Crippen LogP contribution in [0.2, 0.25) is 0 Å². The smallest absolute Gasteiger partial charge is 0.147 e. The number of anilines is 1. The first-order valence-corrected chi connectivity index (χ1v) is 7.26. The van der Waals surface area contributed by atoms with Crippen LogP contribution < -0.4 is 5.32 Å². The van der Waals surface area contributed by atoms with Crippen LogP contribution in [0.15, 0.2) is 11.7 Å². The first kappa shape index (κ1) is 11.9. The molecule has 1 aliphatic rings. The number of aryl methyl sites for hydroxylation is 1. The Morgan fingerprint density at radius 3 is 3.06 bits per heavy atom. The number of aromatic nitrogens is 2. The lowest BCUT2D eigenvalue weighted by atomic mass is 10.3. The maximum Gasteiger partial charge on any atom is 0.147 e. The van der Waals surface area contributed by atoms with Crippen molar-refractivity contribution in [1.82, 2.24) is 14.9 Å². The zero-order valence-electron chi connectivity index (χ0n) is 10.8. The van der Waals surface area contributed by atoms with Crippen LogP contribution in [0.4, 0.5) is 5.82 Å². The molecule has 0 saturated heterocycles. The van der Waals surface area contributed by atoms with Crippen LogP contribution in [-0.4, -0.2) is 41.0 Å². The van der Waals surface area contributed by atoms with Crippen molar-refractivity contribution >= 4 is 27.4 Å². The van der Waals surface area contributed by atoms with Gasteiger partial charge in [0, 0.05) is 19.1 Å². The number of likely N-dealkylation sites (N-methyl/N-ethyl adjacent to an activating group) is 1. The van der Waals surface area contributed by atoms with Gasteiger partial charge in [-0.3, -0.25) is 0 Å². The maximum absolute atomic E-state index is 4.35. The molecule has 18 heavy (non-hydrogen) atoms. The number of thiophene rings is 1. The van der Waals surface area contributed by atoms with E-state index in [0.717, 1.165) is 30.5 Å². The highest BCUT2D eigenvalue weighted by Crippen LogP contribution is 2.28. The summed E-state index contributed by atoms with van der Waals surface area (Å²) in [6, 6.07) is 0.821. The van der Waals surface area contributed by atoms with Crippen LogP contribution in [0.3, 0.4) is 0 Å². The molecule has 4 nitrogen and oxygen atoms in total. The Morgan fingerprint density at radius 1 is 1.44 bits per heavy atom. The molecule has 1 saturated carbocycles. The van der Waals surface area contributed by atoms with Crippen molar-refractivity contribution in [3.8, 4) is 0 Å². The molecule has 0 radical (unpaired) electrons. The molecule has 1 aliphatic carbocycles. The monoisotopic (exact) mass is 262 g/mol. The van der Waals surface area contributed by atoms with Crippen molar-refractivity contribution in [3.63, 3.8) is 0 Å². The molecule has 0 spiro atoms. The zero-order valence-corrected chi connectivity index (χ0v) is 11.6. The molecule has 0 bridgehead atoms. The highest BCUT2D eigenvalue weighted by atomic mass is 32.1. The molecule has 2 aromatic heterocycles. The lowest BCUT2D eigenvalue weighted by molar-refractivity contribution is 0.337. The molecule has 0 unspecified atom stereocenters. The van der Waals surface area contributed by atoms with Crippen LogP contribution in [-0.2, 0) is 0 Å². The molecule has 5 heteroatoms. The summed E-state index contributed by atoms with van der Waals surface area (Å²) < 4.78 is 1.17. The maximum atomic E-state index is 4.35. The highest BCUT2D eigenvalue weighted by Gasteiger charge is 2.25. The summed E-state index contributed by atoms with van der Waals surface area (Å²) in [7, 11) is 2.20. The molecular weight excluding hydrogens is 244 g/mol. The Labute approximate surface area is 111 Å². The summed E-state index contributed by atoms with van der Waals surface area (Å²) >= 11 is 1.72. The van der Waals surface area contributed by atoms with Gasteiger partial charge in [-0.2, -0.15) is 0 Å². The van der Waals surface area contributed by atoms with Gasteiger partial charge in [-0.15, -0.1) is 11.3 Å². The fourth-order valence-electron chi connectivity index (χ4n) is 2.14. The van der Waals surface area contributed by atoms with Crippen molar-refractivity contribution in [1.29, 1.82) is 0 Å². The third-order valence-electron chi connectivity index (χ3n) is 3.46. The van der Waals surface area contributed by atoms with Gasteiger partial charge in [0.1, 0.15) is 12.1 Å². The quantitative estimate of drug-likeness (QED) is 0.899. The summed E-state index contributed by atoms with van der Waals surface area (Å²) in [5.41, 5.74) is 2.31. The summed E-state index contributed by atoms with van der Waals surface area (Å²) in [5, 5.41) is 5.57. The number of nitrogens with zero attached hydrogens (tertiary/aromatic N) is 3. The van der Waals surface area contributed by atoms with Gasteiger partial charge in [-0.25, -0.2) is 9.97 Å². The normalized spacial score (nSPS) is 15.5. The molecule has 2 heterocycles. The SMILES string of the molecule is Cc1csc2c(NCCN(C)C3CC3)ncnc12. The molecule has 0 atom stereocenters. The van der Waals surface area contributed by atoms with Crippen LogP contribution in [0.1, 0.15) is 18.4 Å². The number of rotatable bonds is 5. The van der Waals surface area contributed by atoms with E-state index in [1.165, 1.54) is 23.1 Å². The fraction of sp³-hybridized carbons (Fsp3) is 0.538. The predicted octanol–water partition coefficient (Wildman–Crippen LogP) is 2.51. The minimum atomic E-state index is 0.821. The summed E-state index contributed by atoms with van der Waals surface area (Å²) in [5.74, 6) is 0.974. The first-order valence-electron chi connectivity index (χ1n) is 6.38. The molecule has 1 N–H and O–H groups in total. The van der Waals surface area contributed by atoms with Gasteiger partial charge >= 0.3 is 0 Å². The Balaban J connectivity index is 1.66. The predicted molar refractivity (Wildman–Crippen MR) is 76.3 cm³/mol. The van der Waals surface area contributed by atoms with Gasteiger partial charge in [-0.05, 0) is 37.8 Å².